The van der Waals surface area contributed by atoms with Gasteiger partial charge in [0.25, 0.3) is 0 Å². The molecule has 5 heteroatoms. The van der Waals surface area contributed by atoms with Gasteiger partial charge in [0.1, 0.15) is 0 Å². The third kappa shape index (κ3) is 2.33. The molecule has 0 aromatic heterocycles. The Morgan fingerprint density at radius 1 is 0.722 bits per heavy atom. The minimum Gasteiger partial charge on any atom is -0.175 e. The van der Waals surface area contributed by atoms with Gasteiger partial charge >= 0.3 is 11.4 Å². The van der Waals surface area contributed by atoms with Crippen molar-refractivity contribution in [3.8, 4) is 0 Å². The van der Waals surface area contributed by atoms with Gasteiger partial charge in [0.2, 0.25) is 0 Å². The second kappa shape index (κ2) is 5.04. The lowest BCUT2D eigenvalue weighted by atomic mass is 10.4. The molecule has 0 N–H and O–H groups in total. The van der Waals surface area contributed by atoms with Gasteiger partial charge in [-0.25, -0.2) is 0 Å². The Balaban J connectivity index is 2.63. The third-order valence-corrected chi connectivity index (χ3v) is 11.3. The van der Waals surface area contributed by atoms with E-state index < -0.39 is 11.4 Å². The number of hydrogen-bond donors (Lipinski definition) is 0. The van der Waals surface area contributed by atoms with Crippen LogP contribution in [0.4, 0.5) is 13.2 Å². The molecule has 2 rings (SSSR count). The Morgan fingerprint density at radius 3 is 1.33 bits per heavy atom. The van der Waals surface area contributed by atoms with Crippen LogP contribution < -0.4 is 10.4 Å². The molecule has 0 saturated heterocycles. The summed E-state index contributed by atoms with van der Waals surface area (Å²) in [4.78, 5) is 0. The van der Waals surface area contributed by atoms with Gasteiger partial charge in [0.05, 0.1) is 0 Å². The molecule has 0 aliphatic carbocycles. The van der Waals surface area contributed by atoms with Crippen LogP contribution in [0.15, 0.2) is 60.7 Å². The molecule has 0 saturated carbocycles. The van der Waals surface area contributed by atoms with E-state index in [4.69, 9.17) is 0 Å². The first-order valence-electron chi connectivity index (χ1n) is 5.33. The average molecular weight is 378 g/mol. The van der Waals surface area contributed by atoms with Crippen molar-refractivity contribution in [1.82, 2.24) is 0 Å². The standard InChI is InChI=1S/C13H10F3ISi/c14-13(15,16)18(17,11-7-3-1-4-8-11)12-9-5-2-6-10-12/h1-10H. The van der Waals surface area contributed by atoms with Gasteiger partial charge in [0, 0.05) is 0 Å². The topological polar surface area (TPSA) is 0 Å². The number of alkyl halides is 3. The van der Waals surface area contributed by atoms with Gasteiger partial charge < -0.3 is 0 Å². The highest BCUT2D eigenvalue weighted by Crippen LogP contribution is 2.33. The zero-order valence-electron chi connectivity index (χ0n) is 9.29. The monoisotopic (exact) mass is 378 g/mol. The minimum atomic E-state index is -4.21. The Bertz CT molecular complexity index is 471. The maximum Gasteiger partial charge on any atom is 0.381 e. The highest BCUT2D eigenvalue weighted by Gasteiger charge is 2.58. The predicted octanol–water partition coefficient (Wildman–Crippen LogP) is 3.28. The van der Waals surface area contributed by atoms with Crippen LogP contribution in [0.2, 0.25) is 0 Å². The SMILES string of the molecule is FC(F)(F)[Si](I)(c1ccccc1)c1ccccc1. The molecule has 0 atom stereocenters. The Morgan fingerprint density at radius 2 is 1.06 bits per heavy atom. The second-order valence-corrected chi connectivity index (χ2v) is 11.8. The van der Waals surface area contributed by atoms with Crippen molar-refractivity contribution in [1.29, 1.82) is 0 Å². The fraction of sp³-hybridized carbons (Fsp3) is 0.0769. The Labute approximate surface area is 117 Å². The van der Waals surface area contributed by atoms with Gasteiger partial charge in [0.15, 0.2) is 0 Å². The smallest absolute Gasteiger partial charge is 0.175 e. The van der Waals surface area contributed by atoms with E-state index in [1.165, 1.54) is 0 Å². The van der Waals surface area contributed by atoms with Crippen molar-refractivity contribution in [2.75, 3.05) is 0 Å². The van der Waals surface area contributed by atoms with E-state index in [0.29, 0.717) is 10.4 Å². The van der Waals surface area contributed by atoms with Crippen molar-refractivity contribution < 1.29 is 13.2 Å². The number of benzene rings is 2. The zero-order chi connectivity index (χ0) is 13.2. The molecule has 0 unspecified atom stereocenters. The van der Waals surface area contributed by atoms with Crippen molar-refractivity contribution in [3.63, 3.8) is 0 Å². The van der Waals surface area contributed by atoms with E-state index in [2.05, 4.69) is 0 Å². The zero-order valence-corrected chi connectivity index (χ0v) is 12.4. The first-order valence-corrected chi connectivity index (χ1v) is 10.4. The summed E-state index contributed by atoms with van der Waals surface area (Å²) >= 11 is 1.63. The van der Waals surface area contributed by atoms with Crippen LogP contribution in [-0.2, 0) is 0 Å². The maximum absolute atomic E-state index is 13.5. The van der Waals surface area contributed by atoms with Crippen LogP contribution in [-0.4, -0.2) is 11.4 Å². The van der Waals surface area contributed by atoms with Crippen LogP contribution in [0, 0.1) is 0 Å². The summed E-state index contributed by atoms with van der Waals surface area (Å²) in [6, 6.07) is 16.4. The summed E-state index contributed by atoms with van der Waals surface area (Å²) in [6.07, 6.45) is 0. The highest BCUT2D eigenvalue weighted by molar-refractivity contribution is 14.1. The van der Waals surface area contributed by atoms with Crippen molar-refractivity contribution in [2.45, 2.75) is 5.80 Å². The lowest BCUT2D eigenvalue weighted by Gasteiger charge is -2.28. The average Bonchev–Trinajstić information content (AvgIpc) is 2.38. The lowest BCUT2D eigenvalue weighted by Crippen LogP contribution is -2.63. The number of halogens is 4. The summed E-state index contributed by atoms with van der Waals surface area (Å²) in [6.45, 7) is 0. The summed E-state index contributed by atoms with van der Waals surface area (Å²) < 4.78 is 40.6. The Hall–Kier alpha value is -0.823. The fourth-order valence-corrected chi connectivity index (χ4v) is 6.28. The number of hydrogen-bond acceptors (Lipinski definition) is 0. The van der Waals surface area contributed by atoms with Crippen LogP contribution in [0.3, 0.4) is 0 Å². The molecule has 0 bridgehead atoms. The largest absolute Gasteiger partial charge is 0.381 e. The minimum absolute atomic E-state index is 0.379. The van der Waals surface area contributed by atoms with E-state index in [-0.39, 0.29) is 0 Å². The molecular weight excluding hydrogens is 368 g/mol. The maximum atomic E-state index is 13.5. The molecule has 0 aliphatic rings. The molecule has 0 heterocycles. The normalized spacial score (nSPS) is 12.4. The first-order chi connectivity index (χ1) is 8.46. The third-order valence-electron chi connectivity index (χ3n) is 2.73. The molecule has 94 valence electrons. The van der Waals surface area contributed by atoms with Crippen LogP contribution in [0.1, 0.15) is 0 Å². The van der Waals surface area contributed by atoms with Crippen molar-refractivity contribution in [2.24, 2.45) is 0 Å². The van der Waals surface area contributed by atoms with Gasteiger partial charge in [-0.05, 0) is 10.4 Å². The molecule has 0 fully saturated rings. The predicted molar refractivity (Wildman–Crippen MR) is 78.0 cm³/mol. The van der Waals surface area contributed by atoms with Gasteiger partial charge in [-0.2, -0.15) is 13.2 Å². The quantitative estimate of drug-likeness (QED) is 0.428. The van der Waals surface area contributed by atoms with E-state index in [1.54, 1.807) is 82.5 Å². The van der Waals surface area contributed by atoms with Gasteiger partial charge in [-0.3, -0.25) is 0 Å². The van der Waals surface area contributed by atoms with E-state index >= 15 is 0 Å². The molecule has 2 aromatic rings. The van der Waals surface area contributed by atoms with E-state index in [1.807, 2.05) is 0 Å². The summed E-state index contributed by atoms with van der Waals surface area (Å²) in [5.41, 5.74) is -3.73. The van der Waals surface area contributed by atoms with Crippen molar-refractivity contribution >= 4 is 37.7 Å². The van der Waals surface area contributed by atoms with E-state index in [0.717, 1.165) is 0 Å². The van der Waals surface area contributed by atoms with Gasteiger partial charge in [-0.15, -0.1) is 0 Å². The van der Waals surface area contributed by atoms with E-state index in [9.17, 15) is 13.2 Å². The lowest BCUT2D eigenvalue weighted by molar-refractivity contribution is -0.0491. The molecule has 0 aliphatic heterocycles. The molecule has 0 nitrogen and oxygen atoms in total. The Kier molecular flexibility index (Phi) is 3.81. The summed E-state index contributed by atoms with van der Waals surface area (Å²) in [7, 11) is 0. The molecule has 0 radical (unpaired) electrons. The second-order valence-electron chi connectivity index (χ2n) is 3.89. The molecule has 0 spiro atoms. The van der Waals surface area contributed by atoms with Crippen LogP contribution >= 0.6 is 21.8 Å². The summed E-state index contributed by atoms with van der Waals surface area (Å²) in [5.74, 6) is -4.21. The molecular formula is C13H10F3ISi. The first kappa shape index (κ1) is 13.6. The summed E-state index contributed by atoms with van der Waals surface area (Å²) in [5, 5.41) is 0.758. The van der Waals surface area contributed by atoms with Crippen LogP contribution in [0.5, 0.6) is 0 Å². The molecule has 18 heavy (non-hydrogen) atoms. The van der Waals surface area contributed by atoms with Crippen molar-refractivity contribution in [3.05, 3.63) is 60.7 Å². The van der Waals surface area contributed by atoms with Gasteiger partial charge in [-0.1, -0.05) is 82.5 Å². The molecule has 2 aromatic carbocycles. The van der Waals surface area contributed by atoms with Crippen LogP contribution in [0.25, 0.3) is 0 Å². The number of rotatable bonds is 2. The fourth-order valence-electron chi connectivity index (χ4n) is 1.83. The highest BCUT2D eigenvalue weighted by atomic mass is 127. The molecule has 0 amide bonds.